The number of esters is 2. The van der Waals surface area contributed by atoms with Crippen molar-refractivity contribution in [2.45, 2.75) is 0 Å². The predicted octanol–water partition coefficient (Wildman–Crippen LogP) is 1.67. The third-order valence-corrected chi connectivity index (χ3v) is 2.25. The zero-order valence-corrected chi connectivity index (χ0v) is 10.4. The largest absolute Gasteiger partial charge is 0.496 e. The molecule has 0 aliphatic heterocycles. The lowest BCUT2D eigenvalue weighted by Crippen LogP contribution is -2.02. The van der Waals surface area contributed by atoms with Gasteiger partial charge >= 0.3 is 11.9 Å². The normalized spacial score (nSPS) is 10.2. The Hall–Kier alpha value is -2.30. The third kappa shape index (κ3) is 3.35. The summed E-state index contributed by atoms with van der Waals surface area (Å²) in [4.78, 5) is 22.3. The molecule has 0 heterocycles. The molecule has 18 heavy (non-hydrogen) atoms. The molecule has 0 aromatic heterocycles. The van der Waals surface area contributed by atoms with Crippen LogP contribution in [0.1, 0.15) is 15.9 Å². The third-order valence-electron chi connectivity index (χ3n) is 2.25. The molecule has 1 aromatic rings. The Bertz CT molecular complexity index is 476. The number of methoxy groups -OCH3 is 3. The van der Waals surface area contributed by atoms with Gasteiger partial charge in [0.15, 0.2) is 0 Å². The topological polar surface area (TPSA) is 61.8 Å². The standard InChI is InChI=1S/C13H14O5/c1-16-11-8-10(13(15)18-3)5-4-9(11)6-7-12(14)17-2/h4-8H,1-3H3. The molecule has 0 saturated carbocycles. The summed E-state index contributed by atoms with van der Waals surface area (Å²) in [5.74, 6) is -0.441. The lowest BCUT2D eigenvalue weighted by atomic mass is 10.1. The number of ether oxygens (including phenoxy) is 3. The van der Waals surface area contributed by atoms with Gasteiger partial charge in [0.1, 0.15) is 5.75 Å². The number of hydrogen-bond acceptors (Lipinski definition) is 5. The van der Waals surface area contributed by atoms with E-state index in [1.807, 2.05) is 0 Å². The molecule has 0 aliphatic rings. The first kappa shape index (κ1) is 13.8. The van der Waals surface area contributed by atoms with Gasteiger partial charge in [0.2, 0.25) is 0 Å². The summed E-state index contributed by atoms with van der Waals surface area (Å²) in [7, 11) is 4.08. The first-order valence-corrected chi connectivity index (χ1v) is 5.14. The highest BCUT2D eigenvalue weighted by atomic mass is 16.5. The summed E-state index contributed by atoms with van der Waals surface area (Å²) in [6, 6.07) is 4.79. The van der Waals surface area contributed by atoms with Crippen molar-refractivity contribution in [2.24, 2.45) is 0 Å². The second kappa shape index (κ2) is 6.44. The second-order valence-electron chi connectivity index (χ2n) is 3.30. The number of carbonyl (C=O) groups is 2. The van der Waals surface area contributed by atoms with Crippen LogP contribution in [0.2, 0.25) is 0 Å². The van der Waals surface area contributed by atoms with Gasteiger partial charge < -0.3 is 14.2 Å². The van der Waals surface area contributed by atoms with Crippen LogP contribution in [0.15, 0.2) is 24.3 Å². The number of rotatable bonds is 4. The van der Waals surface area contributed by atoms with E-state index in [0.29, 0.717) is 16.9 Å². The minimum absolute atomic E-state index is 0.379. The van der Waals surface area contributed by atoms with E-state index in [-0.39, 0.29) is 0 Å². The Morgan fingerprint density at radius 1 is 1.11 bits per heavy atom. The summed E-state index contributed by atoms with van der Waals surface area (Å²) in [5, 5.41) is 0. The van der Waals surface area contributed by atoms with Crippen LogP contribution in [0.5, 0.6) is 5.75 Å². The van der Waals surface area contributed by atoms with Gasteiger partial charge in [-0.15, -0.1) is 0 Å². The Morgan fingerprint density at radius 3 is 2.39 bits per heavy atom. The van der Waals surface area contributed by atoms with Crippen molar-refractivity contribution in [3.05, 3.63) is 35.4 Å². The van der Waals surface area contributed by atoms with E-state index in [0.717, 1.165) is 0 Å². The van der Waals surface area contributed by atoms with Crippen molar-refractivity contribution in [1.82, 2.24) is 0 Å². The van der Waals surface area contributed by atoms with Gasteiger partial charge in [-0.25, -0.2) is 9.59 Å². The molecule has 0 spiro atoms. The summed E-state index contributed by atoms with van der Waals surface area (Å²) in [6.45, 7) is 0. The molecule has 0 amide bonds. The molecule has 0 fully saturated rings. The van der Waals surface area contributed by atoms with Crippen molar-refractivity contribution < 1.29 is 23.8 Å². The lowest BCUT2D eigenvalue weighted by molar-refractivity contribution is -0.134. The maximum atomic E-state index is 11.3. The average molecular weight is 250 g/mol. The molecule has 0 saturated heterocycles. The van der Waals surface area contributed by atoms with Crippen LogP contribution in [0.4, 0.5) is 0 Å². The van der Waals surface area contributed by atoms with Crippen molar-refractivity contribution in [3.8, 4) is 5.75 Å². The van der Waals surface area contributed by atoms with E-state index >= 15 is 0 Å². The highest BCUT2D eigenvalue weighted by Gasteiger charge is 2.09. The molecule has 5 nitrogen and oxygen atoms in total. The lowest BCUT2D eigenvalue weighted by Gasteiger charge is -2.06. The molecule has 1 aromatic carbocycles. The van der Waals surface area contributed by atoms with Gasteiger partial charge in [0.05, 0.1) is 26.9 Å². The minimum atomic E-state index is -0.464. The van der Waals surface area contributed by atoms with Crippen LogP contribution < -0.4 is 4.74 Å². The maximum absolute atomic E-state index is 11.3. The van der Waals surface area contributed by atoms with Crippen LogP contribution in [0, 0.1) is 0 Å². The number of benzene rings is 1. The highest BCUT2D eigenvalue weighted by molar-refractivity contribution is 5.91. The zero-order chi connectivity index (χ0) is 13.5. The van der Waals surface area contributed by atoms with Crippen LogP contribution >= 0.6 is 0 Å². The van der Waals surface area contributed by atoms with Gasteiger partial charge in [-0.2, -0.15) is 0 Å². The molecular formula is C13H14O5. The number of hydrogen-bond donors (Lipinski definition) is 0. The molecular weight excluding hydrogens is 236 g/mol. The fourth-order valence-electron chi connectivity index (χ4n) is 1.32. The molecule has 0 bridgehead atoms. The van der Waals surface area contributed by atoms with Crippen molar-refractivity contribution >= 4 is 18.0 Å². The van der Waals surface area contributed by atoms with Gasteiger partial charge in [-0.05, 0) is 18.2 Å². The molecule has 5 heteroatoms. The maximum Gasteiger partial charge on any atom is 0.337 e. The molecule has 0 aliphatic carbocycles. The summed E-state index contributed by atoms with van der Waals surface area (Å²) in [5.41, 5.74) is 1.04. The van der Waals surface area contributed by atoms with Gasteiger partial charge in [-0.3, -0.25) is 0 Å². The molecule has 96 valence electrons. The fourth-order valence-corrected chi connectivity index (χ4v) is 1.32. The molecule has 0 radical (unpaired) electrons. The Labute approximate surface area is 105 Å². The van der Waals surface area contributed by atoms with E-state index in [9.17, 15) is 9.59 Å². The first-order valence-electron chi connectivity index (χ1n) is 5.14. The zero-order valence-electron chi connectivity index (χ0n) is 10.4. The second-order valence-corrected chi connectivity index (χ2v) is 3.30. The van der Waals surface area contributed by atoms with E-state index < -0.39 is 11.9 Å². The van der Waals surface area contributed by atoms with Crippen molar-refractivity contribution in [1.29, 1.82) is 0 Å². The predicted molar refractivity (Wildman–Crippen MR) is 65.4 cm³/mol. The minimum Gasteiger partial charge on any atom is -0.496 e. The average Bonchev–Trinajstić information content (AvgIpc) is 2.43. The molecule has 0 N–H and O–H groups in total. The van der Waals surface area contributed by atoms with Crippen LogP contribution in [-0.2, 0) is 14.3 Å². The van der Waals surface area contributed by atoms with Crippen LogP contribution in [-0.4, -0.2) is 33.3 Å². The smallest absolute Gasteiger partial charge is 0.337 e. The quantitative estimate of drug-likeness (QED) is 0.601. The summed E-state index contributed by atoms with van der Waals surface area (Å²) in [6.07, 6.45) is 2.82. The monoisotopic (exact) mass is 250 g/mol. The first-order chi connectivity index (χ1) is 8.62. The van der Waals surface area contributed by atoms with Crippen LogP contribution in [0.25, 0.3) is 6.08 Å². The summed E-state index contributed by atoms with van der Waals surface area (Å²) < 4.78 is 14.2. The number of carbonyl (C=O) groups excluding carboxylic acids is 2. The van der Waals surface area contributed by atoms with Crippen LogP contribution in [0.3, 0.4) is 0 Å². The van der Waals surface area contributed by atoms with Crippen molar-refractivity contribution in [3.63, 3.8) is 0 Å². The van der Waals surface area contributed by atoms with E-state index in [4.69, 9.17) is 4.74 Å². The fraction of sp³-hybridized carbons (Fsp3) is 0.231. The van der Waals surface area contributed by atoms with E-state index in [1.54, 1.807) is 24.3 Å². The SMILES string of the molecule is COC(=O)C=Cc1ccc(C(=O)OC)cc1OC. The molecule has 0 atom stereocenters. The molecule has 0 unspecified atom stereocenters. The Kier molecular flexibility index (Phi) is 4.92. The highest BCUT2D eigenvalue weighted by Crippen LogP contribution is 2.22. The van der Waals surface area contributed by atoms with E-state index in [2.05, 4.69) is 9.47 Å². The van der Waals surface area contributed by atoms with Gasteiger partial charge in [-0.1, -0.05) is 6.07 Å². The Morgan fingerprint density at radius 2 is 1.83 bits per heavy atom. The molecule has 1 rings (SSSR count). The van der Waals surface area contributed by atoms with Gasteiger partial charge in [0, 0.05) is 11.6 Å². The van der Waals surface area contributed by atoms with Crippen molar-refractivity contribution in [2.75, 3.05) is 21.3 Å². The van der Waals surface area contributed by atoms with Gasteiger partial charge in [0.25, 0.3) is 0 Å². The van der Waals surface area contributed by atoms with E-state index in [1.165, 1.54) is 27.4 Å². The summed E-state index contributed by atoms with van der Waals surface area (Å²) >= 11 is 0. The Balaban J connectivity index is 3.04.